The maximum Gasteiger partial charge on any atom is 0.320 e. The Bertz CT molecular complexity index is 621. The molecule has 108 valence electrons. The Morgan fingerprint density at radius 3 is 2.68 bits per heavy atom. The number of hydrogen-bond donors (Lipinski definition) is 0. The number of hydrogen-bond acceptors (Lipinski definition) is 9. The Hall–Kier alpha value is -0.750. The number of ether oxygens (including phenoxy) is 2. The first kappa shape index (κ1) is 13.2. The van der Waals surface area contributed by atoms with Crippen molar-refractivity contribution in [2.45, 2.75) is 36.1 Å². The number of rotatable bonds is 3. The second-order valence-corrected chi connectivity index (χ2v) is 7.81. The first-order valence-corrected chi connectivity index (χ1v) is 8.43. The molecule has 11 heteroatoms. The van der Waals surface area contributed by atoms with Crippen LogP contribution in [-0.4, -0.2) is 62.8 Å². The lowest BCUT2D eigenvalue weighted by Crippen LogP contribution is -2.42. The molecule has 5 atom stereocenters. The Balaban J connectivity index is 1.74. The molecule has 0 aliphatic carbocycles. The van der Waals surface area contributed by atoms with E-state index in [0.717, 1.165) is 0 Å². The molecule has 2 bridgehead atoms. The van der Waals surface area contributed by atoms with Crippen LogP contribution in [0.1, 0.15) is 6.42 Å². The zero-order valence-electron chi connectivity index (χ0n) is 9.29. The molecule has 3 rings (SSSR count). The van der Waals surface area contributed by atoms with Crippen molar-refractivity contribution in [1.29, 1.82) is 0 Å². The third-order valence-corrected chi connectivity index (χ3v) is 5.64. The third-order valence-electron chi connectivity index (χ3n) is 3.36. The topological polar surface area (TPSA) is 136 Å². The van der Waals surface area contributed by atoms with Crippen molar-refractivity contribution in [3.05, 3.63) is 0 Å². The summed E-state index contributed by atoms with van der Waals surface area (Å²) in [7, 11) is -8.47. The van der Waals surface area contributed by atoms with E-state index < -0.39 is 61.6 Å². The Kier molecular flexibility index (Phi) is 2.71. The summed E-state index contributed by atoms with van der Waals surface area (Å²) in [6.45, 7) is 0. The molecule has 5 unspecified atom stereocenters. The van der Waals surface area contributed by atoms with Crippen molar-refractivity contribution in [2.24, 2.45) is 0 Å². The van der Waals surface area contributed by atoms with Crippen molar-refractivity contribution in [2.75, 3.05) is 5.75 Å². The summed E-state index contributed by atoms with van der Waals surface area (Å²) in [6, 6.07) is 0. The monoisotopic (exact) mass is 313 g/mol. The summed E-state index contributed by atoms with van der Waals surface area (Å²) in [5.41, 5.74) is 0. The van der Waals surface area contributed by atoms with E-state index in [-0.39, 0.29) is 6.42 Å². The normalized spacial score (nSPS) is 42.5. The van der Waals surface area contributed by atoms with Gasteiger partial charge in [0.25, 0.3) is 10.1 Å². The second kappa shape index (κ2) is 3.88. The molecule has 3 aliphatic heterocycles. The average Bonchev–Trinajstić information content (AvgIpc) is 2.78. The third kappa shape index (κ3) is 2.14. The first-order chi connectivity index (χ1) is 8.67. The summed E-state index contributed by atoms with van der Waals surface area (Å²) in [5.74, 6) is -2.54. The molecule has 3 saturated heterocycles. The van der Waals surface area contributed by atoms with Crippen LogP contribution in [0.3, 0.4) is 0 Å². The molecular formula is C8H9O9S2-. The predicted molar refractivity (Wildman–Crippen MR) is 55.3 cm³/mol. The van der Waals surface area contributed by atoms with Gasteiger partial charge in [-0.25, -0.2) is 8.42 Å². The van der Waals surface area contributed by atoms with Gasteiger partial charge in [0.05, 0.1) is 6.10 Å². The highest BCUT2D eigenvalue weighted by molar-refractivity contribution is 7.87. The molecule has 0 radical (unpaired) electrons. The predicted octanol–water partition coefficient (Wildman–Crippen LogP) is -2.29. The van der Waals surface area contributed by atoms with Crippen LogP contribution in [0.15, 0.2) is 0 Å². The molecule has 0 amide bonds. The fourth-order valence-corrected chi connectivity index (χ4v) is 4.70. The van der Waals surface area contributed by atoms with E-state index in [2.05, 4.69) is 0 Å². The Morgan fingerprint density at radius 1 is 1.37 bits per heavy atom. The minimum Gasteiger partial charge on any atom is -0.748 e. The molecule has 0 N–H and O–H groups in total. The fraction of sp³-hybridized carbons (Fsp3) is 0.875. The van der Waals surface area contributed by atoms with Crippen LogP contribution in [-0.2, 0) is 38.7 Å². The smallest absolute Gasteiger partial charge is 0.320 e. The van der Waals surface area contributed by atoms with Gasteiger partial charge in [-0.2, -0.15) is 8.42 Å². The molecular weight excluding hydrogens is 304 g/mol. The van der Waals surface area contributed by atoms with Crippen molar-refractivity contribution in [3.63, 3.8) is 0 Å². The van der Waals surface area contributed by atoms with Crippen LogP contribution >= 0.6 is 0 Å². The molecule has 0 aromatic carbocycles. The highest BCUT2D eigenvalue weighted by atomic mass is 32.2. The number of carbonyl (C=O) groups excluding carboxylic acids is 1. The highest BCUT2D eigenvalue weighted by Crippen LogP contribution is 2.47. The molecule has 3 heterocycles. The molecule has 9 nitrogen and oxygen atoms in total. The zero-order valence-corrected chi connectivity index (χ0v) is 10.9. The first-order valence-electron chi connectivity index (χ1n) is 5.38. The van der Waals surface area contributed by atoms with Gasteiger partial charge in [0.2, 0.25) is 0 Å². The molecule has 3 fully saturated rings. The van der Waals surface area contributed by atoms with E-state index in [9.17, 15) is 26.2 Å². The lowest BCUT2D eigenvalue weighted by Gasteiger charge is -2.22. The average molecular weight is 313 g/mol. The van der Waals surface area contributed by atoms with Gasteiger partial charge in [0.1, 0.15) is 33.3 Å². The minimum atomic E-state index is -4.74. The number of esters is 1. The van der Waals surface area contributed by atoms with Crippen molar-refractivity contribution in [1.82, 2.24) is 0 Å². The largest absolute Gasteiger partial charge is 0.748 e. The summed E-state index contributed by atoms with van der Waals surface area (Å²) >= 11 is 0. The molecule has 3 aliphatic rings. The molecule has 0 spiro atoms. The van der Waals surface area contributed by atoms with Gasteiger partial charge in [-0.1, -0.05) is 0 Å². The van der Waals surface area contributed by atoms with Gasteiger partial charge in [-0.3, -0.25) is 8.98 Å². The maximum atomic E-state index is 11.6. The van der Waals surface area contributed by atoms with Crippen LogP contribution in [0.5, 0.6) is 0 Å². The summed E-state index contributed by atoms with van der Waals surface area (Å²) < 4.78 is 69.3. The van der Waals surface area contributed by atoms with E-state index in [1.54, 1.807) is 0 Å². The van der Waals surface area contributed by atoms with Gasteiger partial charge in [-0.05, 0) is 6.42 Å². The number of fused-ring (bicyclic) bond motifs is 1. The Morgan fingerprint density at radius 2 is 2.05 bits per heavy atom. The molecule has 0 aromatic heterocycles. The van der Waals surface area contributed by atoms with Crippen LogP contribution in [0, 0.1) is 0 Å². The highest BCUT2D eigenvalue weighted by Gasteiger charge is 2.67. The fourth-order valence-electron chi connectivity index (χ4n) is 2.70. The van der Waals surface area contributed by atoms with Crippen molar-refractivity contribution in [3.8, 4) is 0 Å². The SMILES string of the molecule is O=C(CS(=O)(=O)[O-])OC1C2CC3C(O2)C1OS3(=O)=O. The van der Waals surface area contributed by atoms with E-state index >= 15 is 0 Å². The lowest BCUT2D eigenvalue weighted by atomic mass is 9.94. The summed E-state index contributed by atoms with van der Waals surface area (Å²) in [4.78, 5) is 11.3. The van der Waals surface area contributed by atoms with E-state index in [1.807, 2.05) is 0 Å². The van der Waals surface area contributed by atoms with E-state index in [1.165, 1.54) is 0 Å². The quantitative estimate of drug-likeness (QED) is 0.320. The molecule has 0 saturated carbocycles. The zero-order chi connectivity index (χ0) is 14.0. The van der Waals surface area contributed by atoms with E-state index in [4.69, 9.17) is 13.7 Å². The van der Waals surface area contributed by atoms with Crippen LogP contribution in [0.25, 0.3) is 0 Å². The minimum absolute atomic E-state index is 0.131. The molecule has 0 aromatic rings. The van der Waals surface area contributed by atoms with Crippen LogP contribution in [0.2, 0.25) is 0 Å². The van der Waals surface area contributed by atoms with Gasteiger partial charge in [0.15, 0.2) is 6.10 Å². The summed E-state index contributed by atoms with van der Waals surface area (Å²) in [6.07, 6.45) is -3.15. The van der Waals surface area contributed by atoms with Gasteiger partial charge >= 0.3 is 5.97 Å². The standard InChI is InChI=1S/C8H10O9S2/c9-5(2-18(10,11)12)16-6-3-1-4-7(15-3)8(6)17-19(4,13)14/h3-4,6-8H,1-2H2,(H,10,11,12)/p-1. The van der Waals surface area contributed by atoms with Crippen LogP contribution < -0.4 is 0 Å². The van der Waals surface area contributed by atoms with Crippen LogP contribution in [0.4, 0.5) is 0 Å². The van der Waals surface area contributed by atoms with Gasteiger partial charge < -0.3 is 14.0 Å². The summed E-state index contributed by atoms with van der Waals surface area (Å²) in [5, 5.41) is -0.763. The Labute approximate surface area is 108 Å². The lowest BCUT2D eigenvalue weighted by molar-refractivity contribution is -0.151. The molecule has 19 heavy (non-hydrogen) atoms. The maximum absolute atomic E-state index is 11.6. The number of carbonyl (C=O) groups is 1. The van der Waals surface area contributed by atoms with Gasteiger partial charge in [-0.15, -0.1) is 0 Å². The van der Waals surface area contributed by atoms with E-state index in [0.29, 0.717) is 0 Å². The van der Waals surface area contributed by atoms with Crippen molar-refractivity contribution < 1.29 is 39.8 Å². The second-order valence-electron chi connectivity index (χ2n) is 4.62. The van der Waals surface area contributed by atoms with Gasteiger partial charge in [0, 0.05) is 0 Å². The van der Waals surface area contributed by atoms with Crippen molar-refractivity contribution >= 4 is 26.2 Å².